The Kier molecular flexibility index (Phi) is 11.3. The lowest BCUT2D eigenvalue weighted by Gasteiger charge is -2.42. The first-order chi connectivity index (χ1) is 21.9. The van der Waals surface area contributed by atoms with Gasteiger partial charge in [0.2, 0.25) is 0 Å². The molecular weight excluding hydrogens is 801 g/mol. The minimum absolute atomic E-state index is 0.250. The Morgan fingerprint density at radius 3 is 0.745 bits per heavy atom. The first-order valence-electron chi connectivity index (χ1n) is 12.4. The highest BCUT2D eigenvalue weighted by Gasteiger charge is 2.87. The van der Waals surface area contributed by atoms with Gasteiger partial charge in [-0.3, -0.25) is 0 Å². The quantitative estimate of drug-likeness (QED) is 0.155. The van der Waals surface area contributed by atoms with Gasteiger partial charge >= 0.3 is 71.1 Å². The van der Waals surface area contributed by atoms with E-state index in [4.69, 9.17) is 0 Å². The number of hydrogen-bond acceptors (Lipinski definition) is 0. The third-order valence-corrected chi connectivity index (χ3v) is 7.11. The Labute approximate surface area is 264 Å². The zero-order valence-corrected chi connectivity index (χ0v) is 24.1. The van der Waals surface area contributed by atoms with E-state index in [-0.39, 0.29) is 6.07 Å². The summed E-state index contributed by atoms with van der Waals surface area (Å²) in [4.78, 5) is 0. The van der Waals surface area contributed by atoms with E-state index in [0.717, 1.165) is 0 Å². The van der Waals surface area contributed by atoms with Crippen molar-refractivity contribution < 1.29 is 119 Å². The highest BCUT2D eigenvalue weighted by Crippen LogP contribution is 2.65. The van der Waals surface area contributed by atoms with Gasteiger partial charge in [-0.15, -0.1) is 0 Å². The highest BCUT2D eigenvalue weighted by atomic mass is 19.4. The van der Waals surface area contributed by atoms with Gasteiger partial charge < -0.3 is 0 Å². The van der Waals surface area contributed by atoms with E-state index in [9.17, 15) is 92.2 Å². The van der Waals surface area contributed by atoms with Gasteiger partial charge in [-0.05, 0) is 39.0 Å². The molecule has 0 amide bonds. The summed E-state index contributed by atoms with van der Waals surface area (Å²) in [5.74, 6) is -96.6. The van der Waals surface area contributed by atoms with Crippen LogP contribution in [0.4, 0.5) is 119 Å². The summed E-state index contributed by atoms with van der Waals surface area (Å²) >= 11 is 0. The second-order valence-corrected chi connectivity index (χ2v) is 10.5. The first-order valence-corrected chi connectivity index (χ1v) is 12.4. The van der Waals surface area contributed by atoms with Gasteiger partial charge in [0.15, 0.2) is 18.5 Å². The van der Waals surface area contributed by atoms with E-state index in [1.165, 1.54) is 0 Å². The molecule has 0 heterocycles. The maximum atomic E-state index is 15.3. The van der Waals surface area contributed by atoms with Gasteiger partial charge in [-0.2, -0.15) is 105 Å². The molecule has 3 unspecified atom stereocenters. The Morgan fingerprint density at radius 1 is 0.353 bits per heavy atom. The summed E-state index contributed by atoms with van der Waals surface area (Å²) in [7, 11) is 0. The fourth-order valence-electron chi connectivity index (χ4n) is 3.80. The molecule has 0 nitrogen and oxygen atoms in total. The van der Waals surface area contributed by atoms with Crippen molar-refractivity contribution in [2.24, 2.45) is 0 Å². The van der Waals surface area contributed by atoms with Crippen LogP contribution in [0.3, 0.4) is 0 Å². The van der Waals surface area contributed by atoms with Crippen LogP contribution in [0.25, 0.3) is 0 Å². The molecule has 51 heavy (non-hydrogen) atoms. The van der Waals surface area contributed by atoms with Crippen LogP contribution in [0.2, 0.25) is 0 Å². The number of alkyl halides is 27. The van der Waals surface area contributed by atoms with Crippen molar-refractivity contribution in [2.45, 2.75) is 110 Å². The van der Waals surface area contributed by atoms with Crippen molar-refractivity contribution in [3.8, 4) is 0 Å². The molecule has 0 aliphatic rings. The van der Waals surface area contributed by atoms with Crippen molar-refractivity contribution in [3.63, 3.8) is 0 Å². The SMILES string of the molecule is CC(F)C(F)(F)C(F)(F)C(F)(F)C(F)(F)c1c[c]cc(C(F)(F)C(F)(F)C(F)(F)C(F)(F)C(C)F)c1C(F)(F)C(F)(F)C(F)(F)C(F)(F)C(C)F. The number of halogens is 27. The summed E-state index contributed by atoms with van der Waals surface area (Å²) < 4.78 is 384. The van der Waals surface area contributed by atoms with Crippen LogP contribution in [-0.2, 0) is 17.8 Å². The fourth-order valence-corrected chi connectivity index (χ4v) is 3.80. The highest BCUT2D eigenvalue weighted by molar-refractivity contribution is 5.47. The Hall–Kier alpha value is -2.67. The standard InChI is InChI=1S/C24H14F27/c1-7(25)13(28,29)19(40,41)22(46,47)16(34,35)10-5-4-6-11(17(36,37)23(48,49)20(42,43)14(30,31)8(2)26)12(10)18(38,39)24(50,51)21(44,45)15(32,33)9(3)27/h5-9H,1-3H3. The van der Waals surface area contributed by atoms with E-state index in [0.29, 0.717) is 0 Å². The maximum absolute atomic E-state index is 15.3. The Morgan fingerprint density at radius 2 is 0.549 bits per heavy atom. The molecule has 27 heteroatoms. The van der Waals surface area contributed by atoms with Crippen LogP contribution in [0.5, 0.6) is 0 Å². The molecule has 0 bridgehead atoms. The zero-order chi connectivity index (χ0) is 41.6. The van der Waals surface area contributed by atoms with Crippen LogP contribution in [0, 0.1) is 6.07 Å². The molecule has 299 valence electrons. The van der Waals surface area contributed by atoms with Gasteiger partial charge in [-0.1, -0.05) is 0 Å². The Balaban J connectivity index is 4.74. The normalized spacial score (nSPS) is 17.8. The molecule has 0 saturated carbocycles. The molecular formula is C24H14F27. The molecule has 0 spiro atoms. The predicted molar refractivity (Wildman–Crippen MR) is 113 cm³/mol. The fraction of sp³-hybridized carbons (Fsp3) is 0.750. The molecule has 1 rings (SSSR count). The van der Waals surface area contributed by atoms with Gasteiger partial charge in [0.25, 0.3) is 0 Å². The Bertz CT molecular complexity index is 1330. The minimum Gasteiger partial charge on any atom is -0.241 e. The summed E-state index contributed by atoms with van der Waals surface area (Å²) in [6.45, 7) is -2.47. The van der Waals surface area contributed by atoms with Crippen molar-refractivity contribution in [2.75, 3.05) is 0 Å². The van der Waals surface area contributed by atoms with Crippen molar-refractivity contribution in [1.29, 1.82) is 0 Å². The van der Waals surface area contributed by atoms with E-state index < -0.39 is 139 Å². The van der Waals surface area contributed by atoms with Crippen molar-refractivity contribution in [1.82, 2.24) is 0 Å². The lowest BCUT2D eigenvalue weighted by molar-refractivity contribution is -0.387. The largest absolute Gasteiger partial charge is 0.382 e. The summed E-state index contributed by atoms with van der Waals surface area (Å²) in [6, 6.07) is -3.30. The van der Waals surface area contributed by atoms with E-state index in [1.54, 1.807) is 0 Å². The third kappa shape index (κ3) is 5.91. The second-order valence-electron chi connectivity index (χ2n) is 10.5. The number of rotatable bonds is 15. The van der Waals surface area contributed by atoms with Gasteiger partial charge in [0.05, 0.1) is 0 Å². The van der Waals surface area contributed by atoms with Gasteiger partial charge in [0.1, 0.15) is 0 Å². The van der Waals surface area contributed by atoms with Crippen LogP contribution in [-0.4, -0.2) is 71.8 Å². The number of hydrogen-bond donors (Lipinski definition) is 0. The van der Waals surface area contributed by atoms with Crippen LogP contribution in [0.1, 0.15) is 37.5 Å². The van der Waals surface area contributed by atoms with Crippen molar-refractivity contribution >= 4 is 0 Å². The zero-order valence-electron chi connectivity index (χ0n) is 24.1. The summed E-state index contributed by atoms with van der Waals surface area (Å²) in [5, 5.41) is 0. The molecule has 0 aliphatic carbocycles. The predicted octanol–water partition coefficient (Wildman–Crippen LogP) is 11.6. The molecule has 3 atom stereocenters. The van der Waals surface area contributed by atoms with E-state index in [2.05, 4.69) is 0 Å². The van der Waals surface area contributed by atoms with E-state index >= 15 is 26.3 Å². The molecule has 1 radical (unpaired) electrons. The van der Waals surface area contributed by atoms with Crippen LogP contribution < -0.4 is 0 Å². The lowest BCUT2D eigenvalue weighted by atomic mass is 9.79. The topological polar surface area (TPSA) is 0 Å². The smallest absolute Gasteiger partial charge is 0.241 e. The molecule has 0 aromatic heterocycles. The van der Waals surface area contributed by atoms with Crippen LogP contribution >= 0.6 is 0 Å². The second kappa shape index (κ2) is 12.5. The molecule has 0 N–H and O–H groups in total. The average Bonchev–Trinajstić information content (AvgIpc) is 2.95. The molecule has 0 saturated heterocycles. The first kappa shape index (κ1) is 46.4. The number of benzene rings is 1. The van der Waals surface area contributed by atoms with Crippen LogP contribution in [0.15, 0.2) is 12.1 Å². The molecule has 1 aromatic rings. The maximum Gasteiger partial charge on any atom is 0.382 e. The lowest BCUT2D eigenvalue weighted by Crippen LogP contribution is -2.66. The average molecular weight is 815 g/mol. The van der Waals surface area contributed by atoms with Gasteiger partial charge in [-0.25, -0.2) is 13.2 Å². The molecule has 0 fully saturated rings. The monoisotopic (exact) mass is 815 g/mol. The molecule has 1 aromatic carbocycles. The molecule has 0 aliphatic heterocycles. The minimum atomic E-state index is -8.68. The summed E-state index contributed by atoms with van der Waals surface area (Å²) in [5.41, 5.74) is -14.8. The van der Waals surface area contributed by atoms with E-state index in [1.807, 2.05) is 0 Å². The summed E-state index contributed by atoms with van der Waals surface area (Å²) in [6.07, 6.45) is -14.3. The third-order valence-electron chi connectivity index (χ3n) is 7.11. The van der Waals surface area contributed by atoms with Crippen molar-refractivity contribution in [3.05, 3.63) is 34.9 Å². The van der Waals surface area contributed by atoms with Gasteiger partial charge in [0, 0.05) is 16.7 Å².